The molecule has 0 saturated carbocycles. The second-order valence-corrected chi connectivity index (χ2v) is 7.71. The molecule has 0 unspecified atom stereocenters. The predicted octanol–water partition coefficient (Wildman–Crippen LogP) is 4.97. The highest BCUT2D eigenvalue weighted by molar-refractivity contribution is 6.11. The summed E-state index contributed by atoms with van der Waals surface area (Å²) in [6.45, 7) is 1.99. The highest BCUT2D eigenvalue weighted by Gasteiger charge is 2.43. The van der Waals surface area contributed by atoms with Crippen molar-refractivity contribution in [1.29, 1.82) is 0 Å². The zero-order valence-electron chi connectivity index (χ0n) is 17.0. The molecular formula is C25H18FN3O3. The predicted molar refractivity (Wildman–Crippen MR) is 117 cm³/mol. The molecule has 1 aliphatic rings. The number of nitrogens with zero attached hydrogens (tertiary/aromatic N) is 2. The lowest BCUT2D eigenvalue weighted by atomic mass is 9.95. The molecule has 0 bridgehead atoms. The van der Waals surface area contributed by atoms with Crippen LogP contribution in [0.1, 0.15) is 43.6 Å². The van der Waals surface area contributed by atoms with E-state index in [0.29, 0.717) is 28.2 Å². The maximum Gasteiger partial charge on any atom is 0.335 e. The Bertz CT molecular complexity index is 1340. The standard InChI is InChI=1S/C25H18FN3O3/c1-14-5-7-15(8-6-14)21-20-22(28-27-21)24(30)29(19-11-9-16(10-12-19)25(31)32)23(20)17-3-2-4-18(26)13-17/h2-13,23H,1H3,(H,27,28)(H,31,32)/t23-/m1/s1. The number of anilines is 1. The first-order valence-corrected chi connectivity index (χ1v) is 10.0. The van der Waals surface area contributed by atoms with Crippen LogP contribution in [0.3, 0.4) is 0 Å². The van der Waals surface area contributed by atoms with Crippen LogP contribution in [0.15, 0.2) is 72.8 Å². The number of nitrogens with one attached hydrogen (secondary N) is 1. The Balaban J connectivity index is 1.69. The van der Waals surface area contributed by atoms with Gasteiger partial charge in [-0.2, -0.15) is 5.10 Å². The van der Waals surface area contributed by atoms with Gasteiger partial charge in [0.2, 0.25) is 0 Å². The second kappa shape index (κ2) is 7.46. The minimum atomic E-state index is -1.05. The van der Waals surface area contributed by atoms with Crippen molar-refractivity contribution in [2.75, 3.05) is 4.90 Å². The number of carbonyl (C=O) groups excluding carboxylic acids is 1. The summed E-state index contributed by atoms with van der Waals surface area (Å²) < 4.78 is 14.2. The molecule has 0 spiro atoms. The molecule has 2 heterocycles. The Morgan fingerprint density at radius 1 is 1.06 bits per heavy atom. The van der Waals surface area contributed by atoms with Gasteiger partial charge in [0, 0.05) is 16.8 Å². The van der Waals surface area contributed by atoms with Crippen molar-refractivity contribution in [3.63, 3.8) is 0 Å². The Hall–Kier alpha value is -4.26. The molecule has 32 heavy (non-hydrogen) atoms. The zero-order chi connectivity index (χ0) is 22.4. The van der Waals surface area contributed by atoms with E-state index in [9.17, 15) is 19.1 Å². The van der Waals surface area contributed by atoms with Crippen LogP contribution in [0, 0.1) is 12.7 Å². The van der Waals surface area contributed by atoms with Crippen LogP contribution in [-0.2, 0) is 0 Å². The first-order valence-electron chi connectivity index (χ1n) is 10.0. The molecule has 6 nitrogen and oxygen atoms in total. The van der Waals surface area contributed by atoms with E-state index in [2.05, 4.69) is 10.2 Å². The van der Waals surface area contributed by atoms with E-state index in [4.69, 9.17) is 0 Å². The van der Waals surface area contributed by atoms with Crippen molar-refractivity contribution in [1.82, 2.24) is 10.2 Å². The average Bonchev–Trinajstić information content (AvgIpc) is 3.33. The monoisotopic (exact) mass is 427 g/mol. The van der Waals surface area contributed by atoms with Gasteiger partial charge in [-0.3, -0.25) is 14.8 Å². The fourth-order valence-corrected chi connectivity index (χ4v) is 4.10. The average molecular weight is 427 g/mol. The number of carboxylic acids is 1. The van der Waals surface area contributed by atoms with E-state index in [0.717, 1.165) is 11.1 Å². The first-order chi connectivity index (χ1) is 15.4. The van der Waals surface area contributed by atoms with Gasteiger partial charge in [0.15, 0.2) is 0 Å². The lowest BCUT2D eigenvalue weighted by Crippen LogP contribution is -2.29. The van der Waals surface area contributed by atoms with Crippen LogP contribution >= 0.6 is 0 Å². The van der Waals surface area contributed by atoms with Gasteiger partial charge in [-0.05, 0) is 48.9 Å². The zero-order valence-corrected chi connectivity index (χ0v) is 17.0. The van der Waals surface area contributed by atoms with Gasteiger partial charge in [0.1, 0.15) is 11.5 Å². The largest absolute Gasteiger partial charge is 0.478 e. The third-order valence-corrected chi connectivity index (χ3v) is 5.65. The van der Waals surface area contributed by atoms with Crippen molar-refractivity contribution in [3.8, 4) is 11.3 Å². The number of H-pyrrole nitrogens is 1. The Morgan fingerprint density at radius 3 is 2.44 bits per heavy atom. The maximum absolute atomic E-state index is 14.2. The number of halogens is 1. The number of aromatic nitrogens is 2. The second-order valence-electron chi connectivity index (χ2n) is 7.71. The minimum absolute atomic E-state index is 0.114. The minimum Gasteiger partial charge on any atom is -0.478 e. The van der Waals surface area contributed by atoms with Crippen molar-refractivity contribution >= 4 is 17.6 Å². The van der Waals surface area contributed by atoms with Gasteiger partial charge in [-0.1, -0.05) is 42.0 Å². The quantitative estimate of drug-likeness (QED) is 0.481. The molecule has 5 rings (SSSR count). The van der Waals surface area contributed by atoms with Crippen LogP contribution in [0.2, 0.25) is 0 Å². The third-order valence-electron chi connectivity index (χ3n) is 5.65. The van der Waals surface area contributed by atoms with Gasteiger partial charge in [0.05, 0.1) is 17.3 Å². The molecule has 1 aromatic heterocycles. The smallest absolute Gasteiger partial charge is 0.335 e. The molecule has 4 aromatic rings. The number of rotatable bonds is 4. The SMILES string of the molecule is Cc1ccc(-c2n[nH]c3c2[C@@H](c2cccc(F)c2)N(c2ccc(C(=O)O)cc2)C3=O)cc1. The number of aryl methyl sites for hydroxylation is 1. The van der Waals surface area contributed by atoms with Gasteiger partial charge >= 0.3 is 5.97 Å². The molecule has 0 fully saturated rings. The topological polar surface area (TPSA) is 86.3 Å². The van der Waals surface area contributed by atoms with Crippen molar-refractivity contribution < 1.29 is 19.1 Å². The van der Waals surface area contributed by atoms with E-state index < -0.39 is 17.8 Å². The number of hydrogen-bond acceptors (Lipinski definition) is 3. The Labute approximate surface area is 182 Å². The van der Waals surface area contributed by atoms with Crippen LogP contribution in [0.5, 0.6) is 0 Å². The molecule has 1 atom stereocenters. The van der Waals surface area contributed by atoms with Crippen LogP contribution < -0.4 is 4.90 Å². The number of fused-ring (bicyclic) bond motifs is 1. The summed E-state index contributed by atoms with van der Waals surface area (Å²) in [5.41, 5.74) is 4.76. The molecule has 0 saturated heterocycles. The summed E-state index contributed by atoms with van der Waals surface area (Å²) >= 11 is 0. The van der Waals surface area contributed by atoms with Crippen molar-refractivity contribution in [2.45, 2.75) is 13.0 Å². The lowest BCUT2D eigenvalue weighted by Gasteiger charge is -2.26. The first kappa shape index (κ1) is 19.7. The molecule has 1 amide bonds. The molecule has 3 aromatic carbocycles. The van der Waals surface area contributed by atoms with Crippen LogP contribution in [0.4, 0.5) is 10.1 Å². The Morgan fingerprint density at radius 2 is 1.78 bits per heavy atom. The third kappa shape index (κ3) is 3.15. The van der Waals surface area contributed by atoms with Gasteiger partial charge in [-0.25, -0.2) is 9.18 Å². The molecule has 1 aliphatic heterocycles. The maximum atomic E-state index is 14.2. The van der Waals surface area contributed by atoms with Gasteiger partial charge in [-0.15, -0.1) is 0 Å². The molecular weight excluding hydrogens is 409 g/mol. The van der Waals surface area contributed by atoms with Crippen molar-refractivity contribution in [2.24, 2.45) is 0 Å². The van der Waals surface area contributed by atoms with Crippen LogP contribution in [0.25, 0.3) is 11.3 Å². The number of hydrogen-bond donors (Lipinski definition) is 2. The lowest BCUT2D eigenvalue weighted by molar-refractivity contribution is 0.0696. The molecule has 7 heteroatoms. The number of aromatic carboxylic acids is 1. The highest BCUT2D eigenvalue weighted by Crippen LogP contribution is 2.45. The number of aromatic amines is 1. The highest BCUT2D eigenvalue weighted by atomic mass is 19.1. The summed E-state index contributed by atoms with van der Waals surface area (Å²) in [6, 6.07) is 19.3. The molecule has 0 radical (unpaired) electrons. The molecule has 2 N–H and O–H groups in total. The summed E-state index contributed by atoms with van der Waals surface area (Å²) in [4.78, 5) is 26.2. The number of carboxylic acid groups (broad SMARTS) is 1. The van der Waals surface area contributed by atoms with Gasteiger partial charge < -0.3 is 5.11 Å². The van der Waals surface area contributed by atoms with Crippen molar-refractivity contribution in [3.05, 3.63) is 107 Å². The van der Waals surface area contributed by atoms with E-state index >= 15 is 0 Å². The number of amides is 1. The fraction of sp³-hybridized carbons (Fsp3) is 0.0800. The van der Waals surface area contributed by atoms with E-state index in [1.54, 1.807) is 29.2 Å². The summed E-state index contributed by atoms with van der Waals surface area (Å²) in [7, 11) is 0. The molecule has 0 aliphatic carbocycles. The summed E-state index contributed by atoms with van der Waals surface area (Å²) in [5, 5.41) is 16.5. The van der Waals surface area contributed by atoms with E-state index in [-0.39, 0.29) is 11.5 Å². The fourth-order valence-electron chi connectivity index (χ4n) is 4.10. The number of carbonyl (C=O) groups is 2. The summed E-state index contributed by atoms with van der Waals surface area (Å²) in [6.07, 6.45) is 0. The normalized spacial score (nSPS) is 15.1. The van der Waals surface area contributed by atoms with Gasteiger partial charge in [0.25, 0.3) is 5.91 Å². The van der Waals surface area contributed by atoms with Crippen LogP contribution in [-0.4, -0.2) is 27.2 Å². The molecule has 158 valence electrons. The summed E-state index contributed by atoms with van der Waals surface area (Å²) in [5.74, 6) is -1.78. The van der Waals surface area contributed by atoms with E-state index in [1.807, 2.05) is 31.2 Å². The van der Waals surface area contributed by atoms with E-state index in [1.165, 1.54) is 24.3 Å². The number of benzene rings is 3. The Kier molecular flexibility index (Phi) is 4.59.